The van der Waals surface area contributed by atoms with Gasteiger partial charge in [-0.25, -0.2) is 0 Å². The lowest BCUT2D eigenvalue weighted by atomic mass is 9.98. The standard InChI is InChI=1S/C26H37BrO17/c1-12(28)35-8-19(42-22(27)11-38-15(4)31)20(9-36-13(2)29)43-26-25(41-18(7)34)24(40-17(6)33)23(39-16(5)32)21(44-26)10-37-14(3)30/h19-26H,8-11H2,1-7H3/t19?,20-,21?,22+,23-,24?,25?,26+/m0/s1. The number of esters is 7. The van der Waals surface area contributed by atoms with Crippen molar-refractivity contribution in [2.45, 2.75) is 96.4 Å². The summed E-state index contributed by atoms with van der Waals surface area (Å²) in [4.78, 5) is 82.5. The maximum Gasteiger partial charge on any atom is 0.303 e. The highest BCUT2D eigenvalue weighted by Crippen LogP contribution is 2.31. The second-order valence-electron chi connectivity index (χ2n) is 9.23. The molecule has 17 nitrogen and oxygen atoms in total. The molecule has 0 N–H and O–H groups in total. The molecule has 0 aromatic heterocycles. The Balaban J connectivity index is 3.60. The van der Waals surface area contributed by atoms with E-state index < -0.39 is 110 Å². The van der Waals surface area contributed by atoms with Crippen molar-refractivity contribution in [2.75, 3.05) is 26.4 Å². The first-order valence-corrected chi connectivity index (χ1v) is 14.1. The fourth-order valence-electron chi connectivity index (χ4n) is 3.75. The van der Waals surface area contributed by atoms with Crippen molar-refractivity contribution in [3.63, 3.8) is 0 Å². The van der Waals surface area contributed by atoms with Gasteiger partial charge in [-0.2, -0.15) is 0 Å². The summed E-state index contributed by atoms with van der Waals surface area (Å²) in [5.74, 6) is -5.35. The van der Waals surface area contributed by atoms with Crippen LogP contribution < -0.4 is 0 Å². The molecule has 0 aromatic carbocycles. The van der Waals surface area contributed by atoms with E-state index in [9.17, 15) is 33.6 Å². The van der Waals surface area contributed by atoms with Crippen molar-refractivity contribution in [3.8, 4) is 0 Å². The van der Waals surface area contributed by atoms with Crippen molar-refractivity contribution in [2.24, 2.45) is 0 Å². The molecule has 4 unspecified atom stereocenters. The molecule has 0 aromatic rings. The highest BCUT2D eigenvalue weighted by Gasteiger charge is 2.53. The zero-order valence-corrected chi connectivity index (χ0v) is 26.9. The Morgan fingerprint density at radius 2 is 1.00 bits per heavy atom. The maximum absolute atomic E-state index is 12.1. The highest BCUT2D eigenvalue weighted by atomic mass is 79.9. The van der Waals surface area contributed by atoms with Gasteiger partial charge in [0.25, 0.3) is 0 Å². The molecule has 1 aliphatic rings. The minimum Gasteiger partial charge on any atom is -0.463 e. The summed E-state index contributed by atoms with van der Waals surface area (Å²) in [6.07, 6.45) is -10.2. The van der Waals surface area contributed by atoms with Crippen molar-refractivity contribution in [3.05, 3.63) is 0 Å². The average Bonchev–Trinajstić information content (AvgIpc) is 2.88. The molecule has 44 heavy (non-hydrogen) atoms. The molecule has 0 spiro atoms. The second kappa shape index (κ2) is 19.1. The largest absolute Gasteiger partial charge is 0.463 e. The molecule has 0 amide bonds. The van der Waals surface area contributed by atoms with Gasteiger partial charge in [0, 0.05) is 48.5 Å². The molecule has 0 saturated carbocycles. The first kappa shape index (κ1) is 38.7. The molecular weight excluding hydrogens is 664 g/mol. The van der Waals surface area contributed by atoms with Gasteiger partial charge in [0.15, 0.2) is 24.6 Å². The van der Waals surface area contributed by atoms with Gasteiger partial charge in [-0.3, -0.25) is 33.6 Å². The van der Waals surface area contributed by atoms with Crippen LogP contribution in [0.25, 0.3) is 0 Å². The van der Waals surface area contributed by atoms with E-state index >= 15 is 0 Å². The lowest BCUT2D eigenvalue weighted by Gasteiger charge is -2.45. The molecular formula is C26H37BrO17. The molecule has 0 aliphatic carbocycles. The molecule has 8 atom stereocenters. The summed E-state index contributed by atoms with van der Waals surface area (Å²) in [5.41, 5.74) is 0. The van der Waals surface area contributed by atoms with Crippen molar-refractivity contribution in [1.82, 2.24) is 0 Å². The number of halogens is 1. The molecule has 0 radical (unpaired) electrons. The van der Waals surface area contributed by atoms with Gasteiger partial charge in [0.2, 0.25) is 0 Å². The fraction of sp³-hybridized carbons (Fsp3) is 0.731. The van der Waals surface area contributed by atoms with Crippen molar-refractivity contribution in [1.29, 1.82) is 0 Å². The van der Waals surface area contributed by atoms with E-state index in [1.165, 1.54) is 6.92 Å². The van der Waals surface area contributed by atoms with Gasteiger partial charge in [-0.1, -0.05) is 15.9 Å². The Kier molecular flexibility index (Phi) is 16.8. The van der Waals surface area contributed by atoms with Gasteiger partial charge in [0.05, 0.1) is 0 Å². The van der Waals surface area contributed by atoms with Crippen LogP contribution in [-0.2, 0) is 80.9 Å². The maximum atomic E-state index is 12.1. The third-order valence-corrected chi connectivity index (χ3v) is 5.79. The number of ether oxygens (including phenoxy) is 10. The van der Waals surface area contributed by atoms with E-state index in [0.29, 0.717) is 0 Å². The molecule has 1 saturated heterocycles. The van der Waals surface area contributed by atoms with Gasteiger partial charge in [-0.05, 0) is 0 Å². The molecule has 1 fully saturated rings. The number of hydrogen-bond acceptors (Lipinski definition) is 17. The number of alkyl halides is 1. The molecule has 1 aliphatic heterocycles. The van der Waals surface area contributed by atoms with Gasteiger partial charge < -0.3 is 47.4 Å². The molecule has 1 heterocycles. The summed E-state index contributed by atoms with van der Waals surface area (Å²) >= 11 is 3.19. The Hall–Kier alpha value is -3.35. The lowest BCUT2D eigenvalue weighted by Crippen LogP contribution is -2.64. The normalized spacial score (nSPS) is 23.1. The third-order valence-electron chi connectivity index (χ3n) is 5.31. The van der Waals surface area contributed by atoms with Crippen LogP contribution in [0.1, 0.15) is 48.5 Å². The van der Waals surface area contributed by atoms with Crippen molar-refractivity contribution >= 4 is 57.7 Å². The van der Waals surface area contributed by atoms with Crippen LogP contribution in [0, 0.1) is 0 Å². The lowest BCUT2D eigenvalue weighted by molar-refractivity contribution is -0.326. The number of hydrogen-bond donors (Lipinski definition) is 0. The van der Waals surface area contributed by atoms with E-state index in [4.69, 9.17) is 47.4 Å². The van der Waals surface area contributed by atoms with E-state index in [2.05, 4.69) is 15.9 Å². The summed E-state index contributed by atoms with van der Waals surface area (Å²) < 4.78 is 54.1. The molecule has 18 heteroatoms. The highest BCUT2D eigenvalue weighted by molar-refractivity contribution is 9.09. The topological polar surface area (TPSA) is 212 Å². The van der Waals surface area contributed by atoms with Crippen LogP contribution in [0.15, 0.2) is 0 Å². The van der Waals surface area contributed by atoms with Crippen LogP contribution in [0.4, 0.5) is 0 Å². The zero-order chi connectivity index (χ0) is 33.6. The average molecular weight is 701 g/mol. The minimum atomic E-state index is -1.68. The van der Waals surface area contributed by atoms with Crippen LogP contribution in [0.5, 0.6) is 0 Å². The van der Waals surface area contributed by atoms with Gasteiger partial charge >= 0.3 is 41.8 Å². The predicted molar refractivity (Wildman–Crippen MR) is 144 cm³/mol. The quantitative estimate of drug-likeness (QED) is 0.120. The Morgan fingerprint density at radius 1 is 0.568 bits per heavy atom. The SMILES string of the molecule is CC(=O)OCC1O[C@@H](O[C@@H](COC(C)=O)C(COC(C)=O)O[C@@H](Br)COC(C)=O)C(OC(C)=O)C(OC(C)=O)[C@H]1OC(C)=O. The predicted octanol–water partition coefficient (Wildman–Crippen LogP) is 0.250. The van der Waals surface area contributed by atoms with Gasteiger partial charge in [-0.15, -0.1) is 0 Å². The second-order valence-corrected chi connectivity index (χ2v) is 10.3. The number of carbonyl (C=O) groups excluding carboxylic acids is 7. The van der Waals surface area contributed by atoms with Crippen LogP contribution >= 0.6 is 15.9 Å². The summed E-state index contributed by atoms with van der Waals surface area (Å²) in [6, 6.07) is 0. The number of carbonyl (C=O) groups is 7. The zero-order valence-electron chi connectivity index (χ0n) is 25.3. The van der Waals surface area contributed by atoms with E-state index in [-0.39, 0.29) is 6.61 Å². The van der Waals surface area contributed by atoms with E-state index in [1.807, 2.05) is 0 Å². The Labute approximate surface area is 261 Å². The van der Waals surface area contributed by atoms with E-state index in [1.54, 1.807) is 0 Å². The molecule has 0 bridgehead atoms. The van der Waals surface area contributed by atoms with Gasteiger partial charge in [0.1, 0.15) is 49.8 Å². The smallest absolute Gasteiger partial charge is 0.303 e. The minimum absolute atomic E-state index is 0.286. The van der Waals surface area contributed by atoms with Crippen molar-refractivity contribution < 1.29 is 80.9 Å². The summed E-state index contributed by atoms with van der Waals surface area (Å²) in [7, 11) is 0. The first-order chi connectivity index (χ1) is 20.5. The number of rotatable bonds is 16. The molecule has 1 rings (SSSR count). The van der Waals surface area contributed by atoms with Crippen LogP contribution in [0.2, 0.25) is 0 Å². The summed E-state index contributed by atoms with van der Waals surface area (Å²) in [6.45, 7) is 5.86. The third kappa shape index (κ3) is 14.9. The summed E-state index contributed by atoms with van der Waals surface area (Å²) in [5, 5.41) is -0.981. The van der Waals surface area contributed by atoms with Crippen LogP contribution in [0.3, 0.4) is 0 Å². The Bertz CT molecular complexity index is 1030. The van der Waals surface area contributed by atoms with E-state index in [0.717, 1.165) is 41.5 Å². The molecule has 250 valence electrons. The Morgan fingerprint density at radius 3 is 1.48 bits per heavy atom. The van der Waals surface area contributed by atoms with Crippen LogP contribution in [-0.4, -0.2) is 116 Å². The monoisotopic (exact) mass is 700 g/mol. The first-order valence-electron chi connectivity index (χ1n) is 13.2. The fourth-order valence-corrected chi connectivity index (χ4v) is 4.16.